The fourth-order valence-corrected chi connectivity index (χ4v) is 3.77. The third-order valence-electron chi connectivity index (χ3n) is 5.39. The SMILES string of the molecule is O=C(NCc1ccc(F)cc1)c1cc(C(=O)N2CCCC2c2ccccn2)[nH]c(=O)c1O. The number of hydrogen-bond acceptors (Lipinski definition) is 5. The minimum Gasteiger partial charge on any atom is -0.502 e. The lowest BCUT2D eigenvalue weighted by atomic mass is 10.1. The van der Waals surface area contributed by atoms with Crippen molar-refractivity contribution >= 4 is 11.8 Å². The van der Waals surface area contributed by atoms with E-state index >= 15 is 0 Å². The molecule has 0 radical (unpaired) electrons. The van der Waals surface area contributed by atoms with E-state index in [1.165, 1.54) is 30.3 Å². The lowest BCUT2D eigenvalue weighted by Crippen LogP contribution is -2.33. The molecular formula is C23H21FN4O4. The molecule has 164 valence electrons. The standard InChI is InChI=1S/C23H21FN4O4/c24-15-8-6-14(7-9-15)13-26-21(30)16-12-18(27-22(31)20(16)29)23(32)28-11-3-5-19(28)17-4-1-2-10-25-17/h1-2,4,6-10,12,19,29H,3,5,11,13H2,(H,26,30)(H,27,31). The highest BCUT2D eigenvalue weighted by atomic mass is 19.1. The molecule has 1 aromatic carbocycles. The molecule has 8 nitrogen and oxygen atoms in total. The number of carbonyl (C=O) groups is 2. The number of pyridine rings is 2. The van der Waals surface area contributed by atoms with Gasteiger partial charge in [0.2, 0.25) is 0 Å². The van der Waals surface area contributed by atoms with Crippen LogP contribution in [0.15, 0.2) is 59.5 Å². The van der Waals surface area contributed by atoms with Crippen molar-refractivity contribution in [1.29, 1.82) is 0 Å². The summed E-state index contributed by atoms with van der Waals surface area (Å²) in [6.07, 6.45) is 3.17. The summed E-state index contributed by atoms with van der Waals surface area (Å²) in [6.45, 7) is 0.539. The van der Waals surface area contributed by atoms with Crippen LogP contribution in [0.5, 0.6) is 5.75 Å². The zero-order chi connectivity index (χ0) is 22.7. The number of aromatic nitrogens is 2. The number of carbonyl (C=O) groups excluding carboxylic acids is 2. The number of likely N-dealkylation sites (tertiary alicyclic amines) is 1. The first-order valence-corrected chi connectivity index (χ1v) is 10.1. The summed E-state index contributed by atoms with van der Waals surface area (Å²) < 4.78 is 13.0. The largest absolute Gasteiger partial charge is 0.502 e. The molecule has 32 heavy (non-hydrogen) atoms. The fraction of sp³-hybridized carbons (Fsp3) is 0.217. The average Bonchev–Trinajstić information content (AvgIpc) is 3.30. The van der Waals surface area contributed by atoms with Crippen LogP contribution in [0, 0.1) is 5.82 Å². The maximum Gasteiger partial charge on any atom is 0.291 e. The van der Waals surface area contributed by atoms with E-state index in [0.717, 1.165) is 18.5 Å². The van der Waals surface area contributed by atoms with Crippen molar-refractivity contribution < 1.29 is 19.1 Å². The molecule has 0 bridgehead atoms. The Morgan fingerprint density at radius 2 is 2.00 bits per heavy atom. The number of aromatic hydroxyl groups is 1. The Morgan fingerprint density at radius 1 is 1.22 bits per heavy atom. The predicted octanol–water partition coefficient (Wildman–Crippen LogP) is 2.52. The van der Waals surface area contributed by atoms with E-state index in [-0.39, 0.29) is 23.8 Å². The van der Waals surface area contributed by atoms with Crippen molar-refractivity contribution in [3.8, 4) is 5.75 Å². The molecule has 3 N–H and O–H groups in total. The maximum absolute atomic E-state index is 13.2. The van der Waals surface area contributed by atoms with E-state index in [0.29, 0.717) is 12.1 Å². The van der Waals surface area contributed by atoms with Gasteiger partial charge >= 0.3 is 0 Å². The number of hydrogen-bond donors (Lipinski definition) is 3. The third-order valence-corrected chi connectivity index (χ3v) is 5.39. The number of aromatic amines is 1. The smallest absolute Gasteiger partial charge is 0.291 e. The van der Waals surface area contributed by atoms with Crippen LogP contribution in [0.3, 0.4) is 0 Å². The van der Waals surface area contributed by atoms with Crippen LogP contribution in [0.25, 0.3) is 0 Å². The lowest BCUT2D eigenvalue weighted by Gasteiger charge is -2.24. The number of nitrogens with one attached hydrogen (secondary N) is 2. The summed E-state index contributed by atoms with van der Waals surface area (Å²) in [6, 6.07) is 11.9. The van der Waals surface area contributed by atoms with Crippen LogP contribution < -0.4 is 10.9 Å². The normalized spacial score (nSPS) is 15.5. The molecule has 3 aromatic rings. The van der Waals surface area contributed by atoms with Gasteiger partial charge in [-0.1, -0.05) is 18.2 Å². The van der Waals surface area contributed by atoms with E-state index in [1.54, 1.807) is 17.2 Å². The molecule has 1 saturated heterocycles. The van der Waals surface area contributed by atoms with Gasteiger partial charge in [0.15, 0.2) is 5.75 Å². The second kappa shape index (κ2) is 9.01. The minimum atomic E-state index is -0.934. The van der Waals surface area contributed by atoms with Gasteiger partial charge in [0.25, 0.3) is 17.4 Å². The summed E-state index contributed by atoms with van der Waals surface area (Å²) in [7, 11) is 0. The van der Waals surface area contributed by atoms with Gasteiger partial charge in [0.05, 0.1) is 17.3 Å². The van der Waals surface area contributed by atoms with E-state index in [2.05, 4.69) is 15.3 Å². The quantitative estimate of drug-likeness (QED) is 0.569. The molecule has 1 unspecified atom stereocenters. The van der Waals surface area contributed by atoms with Gasteiger partial charge in [0, 0.05) is 19.3 Å². The van der Waals surface area contributed by atoms with E-state index in [9.17, 15) is 23.9 Å². The summed E-state index contributed by atoms with van der Waals surface area (Å²) in [5, 5.41) is 12.7. The molecule has 4 rings (SSSR count). The molecule has 1 aliphatic heterocycles. The molecule has 2 aromatic heterocycles. The Morgan fingerprint density at radius 3 is 2.72 bits per heavy atom. The Kier molecular flexibility index (Phi) is 5.98. The first-order valence-electron chi connectivity index (χ1n) is 10.1. The summed E-state index contributed by atoms with van der Waals surface area (Å²) >= 11 is 0. The lowest BCUT2D eigenvalue weighted by molar-refractivity contribution is 0.0726. The zero-order valence-electron chi connectivity index (χ0n) is 17.0. The first-order chi connectivity index (χ1) is 15.4. The van der Waals surface area contributed by atoms with E-state index < -0.39 is 28.9 Å². The highest BCUT2D eigenvalue weighted by Gasteiger charge is 2.32. The number of rotatable bonds is 5. The number of H-pyrrole nitrogens is 1. The van der Waals surface area contributed by atoms with Crippen LogP contribution >= 0.6 is 0 Å². The Balaban J connectivity index is 1.56. The van der Waals surface area contributed by atoms with Crippen molar-refractivity contribution in [1.82, 2.24) is 20.2 Å². The first kappa shape index (κ1) is 21.2. The Bertz CT molecular complexity index is 1190. The molecule has 2 amide bonds. The van der Waals surface area contributed by atoms with Gasteiger partial charge in [-0.05, 0) is 48.7 Å². The van der Waals surface area contributed by atoms with E-state index in [1.807, 2.05) is 12.1 Å². The molecule has 3 heterocycles. The highest BCUT2D eigenvalue weighted by molar-refractivity contribution is 6.00. The molecule has 0 saturated carbocycles. The molecule has 1 aliphatic rings. The van der Waals surface area contributed by atoms with Gasteiger partial charge in [-0.15, -0.1) is 0 Å². The predicted molar refractivity (Wildman–Crippen MR) is 114 cm³/mol. The van der Waals surface area contributed by atoms with Gasteiger partial charge < -0.3 is 20.3 Å². The fourth-order valence-electron chi connectivity index (χ4n) is 3.77. The number of halogens is 1. The van der Waals surface area contributed by atoms with Crippen molar-refractivity contribution in [3.63, 3.8) is 0 Å². The van der Waals surface area contributed by atoms with Gasteiger partial charge in [0.1, 0.15) is 11.5 Å². The molecule has 1 atom stereocenters. The van der Waals surface area contributed by atoms with Crippen molar-refractivity contribution in [2.45, 2.75) is 25.4 Å². The van der Waals surface area contributed by atoms with Crippen LogP contribution in [0.2, 0.25) is 0 Å². The minimum absolute atomic E-state index is 0.0580. The summed E-state index contributed by atoms with van der Waals surface area (Å²) in [5.74, 6) is -2.36. The molecular weight excluding hydrogens is 415 g/mol. The number of nitrogens with zero attached hydrogens (tertiary/aromatic N) is 2. The maximum atomic E-state index is 13.2. The second-order valence-corrected chi connectivity index (χ2v) is 7.49. The van der Waals surface area contributed by atoms with Crippen LogP contribution in [-0.2, 0) is 6.54 Å². The Hall–Kier alpha value is -4.01. The number of amides is 2. The topological polar surface area (TPSA) is 115 Å². The summed E-state index contributed by atoms with van der Waals surface area (Å²) in [4.78, 5) is 46.3. The van der Waals surface area contributed by atoms with Gasteiger partial charge in [-0.3, -0.25) is 19.4 Å². The molecule has 1 fully saturated rings. The third kappa shape index (κ3) is 4.36. The zero-order valence-corrected chi connectivity index (χ0v) is 17.0. The van der Waals surface area contributed by atoms with Gasteiger partial charge in [-0.25, -0.2) is 4.39 Å². The van der Waals surface area contributed by atoms with Crippen molar-refractivity contribution in [2.75, 3.05) is 6.54 Å². The van der Waals surface area contributed by atoms with E-state index in [4.69, 9.17) is 0 Å². The average molecular weight is 436 g/mol. The molecule has 9 heteroatoms. The second-order valence-electron chi connectivity index (χ2n) is 7.49. The van der Waals surface area contributed by atoms with Crippen LogP contribution in [0.1, 0.15) is 51.0 Å². The highest BCUT2D eigenvalue weighted by Crippen LogP contribution is 2.31. The van der Waals surface area contributed by atoms with Crippen LogP contribution in [0.4, 0.5) is 4.39 Å². The monoisotopic (exact) mass is 436 g/mol. The van der Waals surface area contributed by atoms with Crippen LogP contribution in [-0.4, -0.2) is 38.3 Å². The Labute approximate surface area is 182 Å². The summed E-state index contributed by atoms with van der Waals surface area (Å²) in [5.41, 5.74) is 0.0408. The molecule has 0 spiro atoms. The van der Waals surface area contributed by atoms with Crippen molar-refractivity contribution in [3.05, 3.63) is 93.4 Å². The molecule has 0 aliphatic carbocycles. The number of benzene rings is 1. The van der Waals surface area contributed by atoms with Crippen molar-refractivity contribution in [2.24, 2.45) is 0 Å². The van der Waals surface area contributed by atoms with Gasteiger partial charge in [-0.2, -0.15) is 0 Å².